The van der Waals surface area contributed by atoms with Crippen molar-refractivity contribution in [1.82, 2.24) is 10.2 Å². The summed E-state index contributed by atoms with van der Waals surface area (Å²) in [6.45, 7) is 8.89. The molecule has 2 amide bonds. The van der Waals surface area contributed by atoms with Crippen LogP contribution in [-0.2, 0) is 20.9 Å². The minimum atomic E-state index is -0.394. The van der Waals surface area contributed by atoms with Gasteiger partial charge in [0.1, 0.15) is 0 Å². The molecule has 0 fully saturated rings. The molecule has 0 bridgehead atoms. The molecular weight excluding hydrogens is 440 g/mol. The van der Waals surface area contributed by atoms with E-state index in [1.165, 1.54) is 0 Å². The molecule has 0 saturated carbocycles. The second kappa shape index (κ2) is 12.3. The molecule has 1 N–H and O–H groups in total. The molecule has 0 aliphatic carbocycles. The van der Waals surface area contributed by atoms with Gasteiger partial charge in [0, 0.05) is 30.1 Å². The van der Waals surface area contributed by atoms with Crippen molar-refractivity contribution in [2.45, 2.75) is 65.8 Å². The van der Waals surface area contributed by atoms with Gasteiger partial charge in [-0.2, -0.15) is 0 Å². The number of hydrogen-bond donors (Lipinski definition) is 1. The summed E-state index contributed by atoms with van der Waals surface area (Å²) in [5.74, 6) is -0.921. The van der Waals surface area contributed by atoms with Gasteiger partial charge in [0.15, 0.2) is 0 Å². The highest BCUT2D eigenvalue weighted by Crippen LogP contribution is 2.38. The quantitative estimate of drug-likeness (QED) is 0.374. The Balaban J connectivity index is 1.87. The molecule has 1 aliphatic rings. The summed E-state index contributed by atoms with van der Waals surface area (Å²) in [4.78, 5) is 40.5. The van der Waals surface area contributed by atoms with E-state index in [9.17, 15) is 14.4 Å². The van der Waals surface area contributed by atoms with Gasteiger partial charge >= 0.3 is 5.97 Å². The van der Waals surface area contributed by atoms with Crippen LogP contribution in [0.2, 0.25) is 0 Å². The Kier molecular flexibility index (Phi) is 9.24. The fraction of sp³-hybridized carbons (Fsp3) is 0.414. The standard InChI is InChI=1S/C29H36N2O4/c1-5-7-8-15-30-28(33)24-14-10-12-22(17-24)19-31-21(4)27(29(34)35-6-2)25(18-26(31)32)23-13-9-11-20(3)16-23/h9-14,16-17,25H,5-8,15,18-19H2,1-4H3,(H,30,33). The van der Waals surface area contributed by atoms with Crippen LogP contribution >= 0.6 is 0 Å². The van der Waals surface area contributed by atoms with Crippen LogP contribution in [0.15, 0.2) is 59.8 Å². The minimum absolute atomic E-state index is 0.0588. The molecule has 6 nitrogen and oxygen atoms in total. The molecule has 186 valence electrons. The zero-order valence-electron chi connectivity index (χ0n) is 21.2. The van der Waals surface area contributed by atoms with Crippen LogP contribution in [-0.4, -0.2) is 35.8 Å². The minimum Gasteiger partial charge on any atom is -0.463 e. The van der Waals surface area contributed by atoms with E-state index in [2.05, 4.69) is 12.2 Å². The third-order valence-corrected chi connectivity index (χ3v) is 6.36. The van der Waals surface area contributed by atoms with Crippen LogP contribution in [0.3, 0.4) is 0 Å². The smallest absolute Gasteiger partial charge is 0.336 e. The van der Waals surface area contributed by atoms with Crippen molar-refractivity contribution < 1.29 is 19.1 Å². The lowest BCUT2D eigenvalue weighted by atomic mass is 9.83. The fourth-order valence-electron chi connectivity index (χ4n) is 4.52. The van der Waals surface area contributed by atoms with E-state index in [4.69, 9.17) is 4.74 Å². The molecule has 3 rings (SSSR count). The van der Waals surface area contributed by atoms with Crippen LogP contribution in [0.1, 0.15) is 79.4 Å². The van der Waals surface area contributed by atoms with Gasteiger partial charge in [-0.1, -0.05) is 61.7 Å². The molecule has 0 spiro atoms. The summed E-state index contributed by atoms with van der Waals surface area (Å²) < 4.78 is 5.39. The number of carbonyl (C=O) groups excluding carboxylic acids is 3. The van der Waals surface area contributed by atoms with E-state index in [1.807, 2.05) is 49.4 Å². The van der Waals surface area contributed by atoms with Crippen molar-refractivity contribution in [3.05, 3.63) is 82.1 Å². The number of allylic oxidation sites excluding steroid dienone is 1. The number of aryl methyl sites for hydroxylation is 1. The molecule has 0 saturated heterocycles. The Labute approximate surface area is 208 Å². The third kappa shape index (κ3) is 6.59. The van der Waals surface area contributed by atoms with Gasteiger partial charge in [-0.15, -0.1) is 0 Å². The van der Waals surface area contributed by atoms with Crippen molar-refractivity contribution in [1.29, 1.82) is 0 Å². The first-order valence-corrected chi connectivity index (χ1v) is 12.5. The summed E-state index contributed by atoms with van der Waals surface area (Å²) >= 11 is 0. The third-order valence-electron chi connectivity index (χ3n) is 6.36. The molecule has 35 heavy (non-hydrogen) atoms. The van der Waals surface area contributed by atoms with Crippen LogP contribution in [0.5, 0.6) is 0 Å². The van der Waals surface area contributed by atoms with Crippen LogP contribution in [0.25, 0.3) is 0 Å². The maximum atomic E-state index is 13.3. The number of nitrogens with zero attached hydrogens (tertiary/aromatic N) is 1. The normalized spacial score (nSPS) is 15.8. The highest BCUT2D eigenvalue weighted by molar-refractivity contribution is 5.96. The van der Waals surface area contributed by atoms with Crippen LogP contribution in [0, 0.1) is 6.92 Å². The average Bonchev–Trinajstić information content (AvgIpc) is 2.84. The Morgan fingerprint density at radius 2 is 1.83 bits per heavy atom. The van der Waals surface area contributed by atoms with Gasteiger partial charge in [-0.05, 0) is 50.5 Å². The van der Waals surface area contributed by atoms with Crippen molar-refractivity contribution >= 4 is 17.8 Å². The van der Waals surface area contributed by atoms with E-state index in [1.54, 1.807) is 24.8 Å². The van der Waals surface area contributed by atoms with Gasteiger partial charge in [-0.25, -0.2) is 4.79 Å². The lowest BCUT2D eigenvalue weighted by Crippen LogP contribution is -2.38. The Hall–Kier alpha value is -3.41. The molecular formula is C29H36N2O4. The summed E-state index contributed by atoms with van der Waals surface area (Å²) in [5.41, 5.74) is 4.51. The molecule has 1 unspecified atom stereocenters. The lowest BCUT2D eigenvalue weighted by molar-refractivity contribution is -0.140. The average molecular weight is 477 g/mol. The van der Waals surface area contributed by atoms with Gasteiger partial charge in [-0.3, -0.25) is 9.59 Å². The number of nitrogens with one attached hydrogen (secondary N) is 1. The highest BCUT2D eigenvalue weighted by Gasteiger charge is 2.37. The van der Waals surface area contributed by atoms with Gasteiger partial charge in [0.25, 0.3) is 5.91 Å². The first-order valence-electron chi connectivity index (χ1n) is 12.5. The molecule has 1 atom stereocenters. The monoisotopic (exact) mass is 476 g/mol. The maximum Gasteiger partial charge on any atom is 0.336 e. The van der Waals surface area contributed by atoms with Crippen molar-refractivity contribution in [3.63, 3.8) is 0 Å². The zero-order chi connectivity index (χ0) is 25.4. The van der Waals surface area contributed by atoms with E-state index >= 15 is 0 Å². The van der Waals surface area contributed by atoms with Gasteiger partial charge in [0.2, 0.25) is 5.91 Å². The number of rotatable bonds is 10. The predicted octanol–water partition coefficient (Wildman–Crippen LogP) is 5.27. The number of benzene rings is 2. The first-order chi connectivity index (χ1) is 16.8. The largest absolute Gasteiger partial charge is 0.463 e. The SMILES string of the molecule is CCCCCNC(=O)c1cccc(CN2C(=O)CC(c3cccc(C)c3)C(C(=O)OCC)=C2C)c1. The summed E-state index contributed by atoms with van der Waals surface area (Å²) in [7, 11) is 0. The van der Waals surface area contributed by atoms with E-state index in [0.717, 1.165) is 36.0 Å². The number of carbonyl (C=O) groups is 3. The topological polar surface area (TPSA) is 75.7 Å². The highest BCUT2D eigenvalue weighted by atomic mass is 16.5. The number of hydrogen-bond acceptors (Lipinski definition) is 4. The molecule has 0 radical (unpaired) electrons. The van der Waals surface area contributed by atoms with Crippen molar-refractivity contribution in [3.8, 4) is 0 Å². The molecule has 0 aromatic heterocycles. The summed E-state index contributed by atoms with van der Waals surface area (Å²) in [6.07, 6.45) is 3.31. The molecule has 1 heterocycles. The second-order valence-electron chi connectivity index (χ2n) is 9.03. The van der Waals surface area contributed by atoms with Gasteiger partial charge in [0.05, 0.1) is 18.7 Å². The predicted molar refractivity (Wildman–Crippen MR) is 137 cm³/mol. The van der Waals surface area contributed by atoms with Crippen molar-refractivity contribution in [2.24, 2.45) is 0 Å². The molecule has 2 aromatic carbocycles. The molecule has 6 heteroatoms. The first kappa shape index (κ1) is 26.2. The van der Waals surface area contributed by atoms with Gasteiger partial charge < -0.3 is 15.0 Å². The number of unbranched alkanes of at least 4 members (excludes halogenated alkanes) is 2. The number of amides is 2. The molecule has 1 aliphatic heterocycles. The fourth-order valence-corrected chi connectivity index (χ4v) is 4.52. The van der Waals surface area contributed by atoms with Crippen molar-refractivity contribution in [2.75, 3.05) is 13.2 Å². The summed E-state index contributed by atoms with van der Waals surface area (Å²) in [5, 5.41) is 2.96. The maximum absolute atomic E-state index is 13.3. The second-order valence-corrected chi connectivity index (χ2v) is 9.03. The number of esters is 1. The lowest BCUT2D eigenvalue weighted by Gasteiger charge is -2.34. The van der Waals surface area contributed by atoms with E-state index in [-0.39, 0.29) is 37.3 Å². The Morgan fingerprint density at radius 3 is 2.54 bits per heavy atom. The Bertz CT molecular complexity index is 1110. The molecule has 2 aromatic rings. The summed E-state index contributed by atoms with van der Waals surface area (Å²) in [6, 6.07) is 15.2. The zero-order valence-corrected chi connectivity index (χ0v) is 21.2. The number of ether oxygens (including phenoxy) is 1. The van der Waals surface area contributed by atoms with Crippen LogP contribution < -0.4 is 5.32 Å². The van der Waals surface area contributed by atoms with E-state index < -0.39 is 5.97 Å². The Morgan fingerprint density at radius 1 is 1.06 bits per heavy atom. The van der Waals surface area contributed by atoms with Crippen LogP contribution in [0.4, 0.5) is 0 Å². The van der Waals surface area contributed by atoms with E-state index in [0.29, 0.717) is 23.4 Å².